The van der Waals surface area contributed by atoms with E-state index in [1.54, 1.807) is 13.2 Å². The first-order chi connectivity index (χ1) is 12.6. The predicted molar refractivity (Wildman–Crippen MR) is 97.4 cm³/mol. The Labute approximate surface area is 152 Å². The van der Waals surface area contributed by atoms with Gasteiger partial charge in [-0.15, -0.1) is 0 Å². The van der Waals surface area contributed by atoms with Crippen LogP contribution in [0.3, 0.4) is 0 Å². The minimum Gasteiger partial charge on any atom is -0.504 e. The summed E-state index contributed by atoms with van der Waals surface area (Å²) < 4.78 is 7.30. The van der Waals surface area contributed by atoms with Gasteiger partial charge in [-0.1, -0.05) is 6.07 Å². The molecular formula is C20H22N4O2. The van der Waals surface area contributed by atoms with Crippen molar-refractivity contribution in [1.29, 1.82) is 0 Å². The number of aryl methyl sites for hydroxylation is 1. The molecule has 0 amide bonds. The van der Waals surface area contributed by atoms with Crippen molar-refractivity contribution in [2.24, 2.45) is 0 Å². The third-order valence-electron chi connectivity index (χ3n) is 5.78. The van der Waals surface area contributed by atoms with Crippen LogP contribution >= 0.6 is 0 Å². The molecule has 0 saturated carbocycles. The molecule has 1 aromatic carbocycles. The monoisotopic (exact) mass is 350 g/mol. The maximum Gasteiger partial charge on any atom is 0.160 e. The second kappa shape index (κ2) is 5.71. The van der Waals surface area contributed by atoms with Crippen LogP contribution in [0.1, 0.15) is 41.4 Å². The number of fused-ring (bicyclic) bond motifs is 6. The maximum absolute atomic E-state index is 9.83. The largest absolute Gasteiger partial charge is 0.504 e. The summed E-state index contributed by atoms with van der Waals surface area (Å²) in [7, 11) is 1.59. The van der Waals surface area contributed by atoms with E-state index in [1.807, 2.05) is 35.8 Å². The SMILES string of the molecule is COc1cc(CN2[C@@H]3CC[C@@H]2c2cnc4cc(C)nn4c2C3)ccc1O. The number of nitrogens with zero attached hydrogens (tertiary/aromatic N) is 4. The molecule has 0 radical (unpaired) electrons. The highest BCUT2D eigenvalue weighted by Crippen LogP contribution is 2.44. The van der Waals surface area contributed by atoms with E-state index in [4.69, 9.17) is 4.74 Å². The molecule has 1 saturated heterocycles. The highest BCUT2D eigenvalue weighted by atomic mass is 16.5. The van der Waals surface area contributed by atoms with Gasteiger partial charge in [-0.25, -0.2) is 9.50 Å². The van der Waals surface area contributed by atoms with Crippen LogP contribution in [0.5, 0.6) is 11.5 Å². The Kier molecular flexibility index (Phi) is 3.43. The summed E-state index contributed by atoms with van der Waals surface area (Å²) in [6.45, 7) is 2.87. The number of methoxy groups -OCH3 is 1. The lowest BCUT2D eigenvalue weighted by Crippen LogP contribution is -2.38. The molecule has 2 bridgehead atoms. The van der Waals surface area contributed by atoms with Gasteiger partial charge < -0.3 is 9.84 Å². The van der Waals surface area contributed by atoms with Gasteiger partial charge in [-0.05, 0) is 37.5 Å². The molecule has 5 rings (SSSR count). The van der Waals surface area contributed by atoms with E-state index < -0.39 is 0 Å². The topological polar surface area (TPSA) is 62.9 Å². The summed E-state index contributed by atoms with van der Waals surface area (Å²) in [5.41, 5.74) is 5.73. The summed E-state index contributed by atoms with van der Waals surface area (Å²) in [5, 5.41) is 14.5. The molecule has 2 aromatic heterocycles. The van der Waals surface area contributed by atoms with Crippen LogP contribution in [0.25, 0.3) is 5.65 Å². The Morgan fingerprint density at radius 2 is 2.15 bits per heavy atom. The summed E-state index contributed by atoms with van der Waals surface area (Å²) in [4.78, 5) is 7.20. The molecular weight excluding hydrogens is 328 g/mol. The number of aromatic nitrogens is 3. The zero-order valence-electron chi connectivity index (χ0n) is 15.0. The van der Waals surface area contributed by atoms with Crippen molar-refractivity contribution in [2.45, 2.75) is 44.8 Å². The van der Waals surface area contributed by atoms with Crippen LogP contribution in [0, 0.1) is 6.92 Å². The molecule has 26 heavy (non-hydrogen) atoms. The number of benzene rings is 1. The van der Waals surface area contributed by atoms with Gasteiger partial charge in [-0.3, -0.25) is 4.90 Å². The Hall–Kier alpha value is -2.60. The number of aromatic hydroxyl groups is 1. The molecule has 3 aromatic rings. The highest BCUT2D eigenvalue weighted by Gasteiger charge is 2.41. The number of phenolic OH excluding ortho intramolecular Hbond substituents is 1. The Bertz CT molecular complexity index is 997. The van der Waals surface area contributed by atoms with Gasteiger partial charge in [0.15, 0.2) is 17.1 Å². The van der Waals surface area contributed by atoms with Gasteiger partial charge in [-0.2, -0.15) is 5.10 Å². The van der Waals surface area contributed by atoms with Gasteiger partial charge >= 0.3 is 0 Å². The Morgan fingerprint density at radius 1 is 1.27 bits per heavy atom. The first-order valence-electron chi connectivity index (χ1n) is 9.10. The van der Waals surface area contributed by atoms with Gasteiger partial charge in [0.2, 0.25) is 0 Å². The zero-order valence-corrected chi connectivity index (χ0v) is 15.0. The van der Waals surface area contributed by atoms with Crippen molar-refractivity contribution < 1.29 is 9.84 Å². The fourth-order valence-electron chi connectivity index (χ4n) is 4.58. The van der Waals surface area contributed by atoms with Crippen molar-refractivity contribution in [3.63, 3.8) is 0 Å². The van der Waals surface area contributed by atoms with Crippen molar-refractivity contribution in [3.05, 3.63) is 53.0 Å². The smallest absolute Gasteiger partial charge is 0.160 e. The average molecular weight is 350 g/mol. The van der Waals surface area contributed by atoms with Crippen molar-refractivity contribution in [2.75, 3.05) is 7.11 Å². The van der Waals surface area contributed by atoms with Crippen LogP contribution in [-0.2, 0) is 13.0 Å². The Balaban J connectivity index is 1.51. The third-order valence-corrected chi connectivity index (χ3v) is 5.78. The molecule has 0 unspecified atom stereocenters. The molecule has 2 aliphatic heterocycles. The van der Waals surface area contributed by atoms with Crippen LogP contribution in [0.2, 0.25) is 0 Å². The number of hydrogen-bond donors (Lipinski definition) is 1. The van der Waals surface area contributed by atoms with E-state index in [9.17, 15) is 5.11 Å². The summed E-state index contributed by atoms with van der Waals surface area (Å²) in [5.74, 6) is 0.714. The summed E-state index contributed by atoms with van der Waals surface area (Å²) in [6.07, 6.45) is 5.39. The van der Waals surface area contributed by atoms with Crippen LogP contribution in [0.4, 0.5) is 0 Å². The van der Waals surface area contributed by atoms with E-state index >= 15 is 0 Å². The molecule has 0 spiro atoms. The number of rotatable bonds is 3. The van der Waals surface area contributed by atoms with Gasteiger partial charge in [0, 0.05) is 42.9 Å². The van der Waals surface area contributed by atoms with E-state index in [2.05, 4.69) is 15.0 Å². The second-order valence-corrected chi connectivity index (χ2v) is 7.35. The number of phenols is 1. The van der Waals surface area contributed by atoms with Crippen LogP contribution in [-0.4, -0.2) is 37.8 Å². The highest BCUT2D eigenvalue weighted by molar-refractivity contribution is 5.45. The minimum absolute atomic E-state index is 0.184. The molecule has 6 nitrogen and oxygen atoms in total. The fraction of sp³-hybridized carbons (Fsp3) is 0.400. The van der Waals surface area contributed by atoms with E-state index in [0.717, 1.165) is 36.3 Å². The standard InChI is InChI=1S/C20H22N4O2/c1-12-7-20-21-10-15-16-5-4-14(9-17(15)24(20)22-12)23(16)11-13-3-6-18(25)19(8-13)26-2/h3,6-8,10,14,16,25H,4-5,9,11H2,1-2H3/t14-,16-/m1/s1. The van der Waals surface area contributed by atoms with Crippen molar-refractivity contribution in [1.82, 2.24) is 19.5 Å². The zero-order chi connectivity index (χ0) is 17.8. The van der Waals surface area contributed by atoms with E-state index in [0.29, 0.717) is 17.8 Å². The van der Waals surface area contributed by atoms with E-state index in [1.165, 1.54) is 17.7 Å². The molecule has 1 fully saturated rings. The molecule has 2 atom stereocenters. The summed E-state index contributed by atoms with van der Waals surface area (Å²) >= 11 is 0. The molecule has 2 aliphatic rings. The van der Waals surface area contributed by atoms with Gasteiger partial charge in [0.05, 0.1) is 18.5 Å². The summed E-state index contributed by atoms with van der Waals surface area (Å²) in [6, 6.07) is 8.56. The first-order valence-corrected chi connectivity index (χ1v) is 9.10. The van der Waals surface area contributed by atoms with Gasteiger partial charge in [0.1, 0.15) is 0 Å². The second-order valence-electron chi connectivity index (χ2n) is 7.35. The molecule has 134 valence electrons. The lowest BCUT2D eigenvalue weighted by atomic mass is 9.98. The minimum atomic E-state index is 0.184. The van der Waals surface area contributed by atoms with Crippen molar-refractivity contribution in [3.8, 4) is 11.5 Å². The molecule has 1 N–H and O–H groups in total. The first kappa shape index (κ1) is 15.6. The third kappa shape index (κ3) is 2.29. The molecule has 4 heterocycles. The quantitative estimate of drug-likeness (QED) is 0.787. The van der Waals surface area contributed by atoms with Gasteiger partial charge in [0.25, 0.3) is 0 Å². The lowest BCUT2D eigenvalue weighted by Gasteiger charge is -2.36. The Morgan fingerprint density at radius 3 is 3.00 bits per heavy atom. The van der Waals surface area contributed by atoms with E-state index in [-0.39, 0.29) is 5.75 Å². The fourth-order valence-corrected chi connectivity index (χ4v) is 4.58. The molecule has 6 heteroatoms. The number of ether oxygens (including phenoxy) is 1. The van der Waals surface area contributed by atoms with Crippen molar-refractivity contribution >= 4 is 5.65 Å². The molecule has 0 aliphatic carbocycles. The number of hydrogen-bond acceptors (Lipinski definition) is 5. The normalized spacial score (nSPS) is 21.9. The van der Waals surface area contributed by atoms with Crippen LogP contribution in [0.15, 0.2) is 30.5 Å². The average Bonchev–Trinajstić information content (AvgIpc) is 3.14. The lowest BCUT2D eigenvalue weighted by molar-refractivity contribution is 0.165. The predicted octanol–water partition coefficient (Wildman–Crippen LogP) is 3.01. The van der Waals surface area contributed by atoms with Crippen LogP contribution < -0.4 is 4.74 Å². The maximum atomic E-state index is 9.83.